The van der Waals surface area contributed by atoms with Crippen LogP contribution < -0.4 is 4.90 Å². The second-order valence-corrected chi connectivity index (χ2v) is 6.65. The van der Waals surface area contributed by atoms with Crippen LogP contribution in [0.3, 0.4) is 0 Å². The Hall–Kier alpha value is -1.00. The van der Waals surface area contributed by atoms with Crippen LogP contribution in [0.5, 0.6) is 0 Å². The molecule has 0 spiro atoms. The number of piperidine rings is 1. The highest BCUT2D eigenvalue weighted by Gasteiger charge is 2.23. The maximum atomic E-state index is 12.5. The van der Waals surface area contributed by atoms with Crippen LogP contribution in [0.15, 0.2) is 29.2 Å². The van der Waals surface area contributed by atoms with Gasteiger partial charge in [0.05, 0.1) is 5.69 Å². The van der Waals surface area contributed by atoms with Crippen molar-refractivity contribution in [1.29, 1.82) is 0 Å². The van der Waals surface area contributed by atoms with Crippen molar-refractivity contribution in [1.82, 2.24) is 4.90 Å². The zero-order chi connectivity index (χ0) is 13.8. The number of likely N-dealkylation sites (tertiary alicyclic amines) is 1. The molecule has 2 aliphatic heterocycles. The molecule has 0 unspecified atom stereocenters. The number of anilines is 1. The molecule has 1 aromatic rings. The van der Waals surface area contributed by atoms with Crippen molar-refractivity contribution in [3.63, 3.8) is 0 Å². The van der Waals surface area contributed by atoms with E-state index in [-0.39, 0.29) is 5.91 Å². The number of fused-ring (bicyclic) bond motifs is 1. The molecule has 0 atom stereocenters. The molecule has 1 amide bonds. The van der Waals surface area contributed by atoms with E-state index in [9.17, 15) is 4.79 Å². The quantitative estimate of drug-likeness (QED) is 0.855. The number of benzene rings is 1. The molecule has 0 radical (unpaired) electrons. The average molecular weight is 290 g/mol. The number of hydrogen-bond acceptors (Lipinski definition) is 3. The van der Waals surface area contributed by atoms with Gasteiger partial charge in [-0.2, -0.15) is 0 Å². The zero-order valence-electron chi connectivity index (χ0n) is 11.9. The van der Waals surface area contributed by atoms with Crippen molar-refractivity contribution in [3.05, 3.63) is 24.3 Å². The third-order valence-corrected chi connectivity index (χ3v) is 5.16. The number of rotatable bonds is 3. The van der Waals surface area contributed by atoms with Crippen LogP contribution in [-0.2, 0) is 4.79 Å². The van der Waals surface area contributed by atoms with Crippen molar-refractivity contribution < 1.29 is 4.79 Å². The van der Waals surface area contributed by atoms with Crippen LogP contribution in [0.25, 0.3) is 0 Å². The molecule has 2 heterocycles. The molecule has 0 aromatic heterocycles. The average Bonchev–Trinajstić information content (AvgIpc) is 2.53. The number of nitrogens with zero attached hydrogens (tertiary/aromatic N) is 2. The van der Waals surface area contributed by atoms with E-state index in [2.05, 4.69) is 17.0 Å². The first-order chi connectivity index (χ1) is 9.84. The minimum absolute atomic E-state index is 0.281. The third-order valence-electron chi connectivity index (χ3n) is 4.12. The molecule has 2 aliphatic rings. The maximum Gasteiger partial charge on any atom is 0.228 e. The highest BCUT2D eigenvalue weighted by molar-refractivity contribution is 7.99. The van der Waals surface area contributed by atoms with Gasteiger partial charge in [0.2, 0.25) is 5.91 Å². The summed E-state index contributed by atoms with van der Waals surface area (Å²) in [6, 6.07) is 8.26. The van der Waals surface area contributed by atoms with Gasteiger partial charge in [-0.3, -0.25) is 4.79 Å². The molecule has 108 valence electrons. The van der Waals surface area contributed by atoms with Gasteiger partial charge in [-0.1, -0.05) is 18.6 Å². The monoisotopic (exact) mass is 290 g/mol. The molecule has 3 nitrogen and oxygen atoms in total. The van der Waals surface area contributed by atoms with E-state index in [4.69, 9.17) is 0 Å². The first-order valence-corrected chi connectivity index (χ1v) is 8.58. The number of thioether (sulfide) groups is 1. The van der Waals surface area contributed by atoms with Crippen LogP contribution in [0.1, 0.15) is 25.7 Å². The molecule has 0 N–H and O–H groups in total. The Kier molecular flexibility index (Phi) is 4.63. The second kappa shape index (κ2) is 6.64. The fraction of sp³-hybridized carbons (Fsp3) is 0.562. The van der Waals surface area contributed by atoms with Gasteiger partial charge < -0.3 is 9.80 Å². The minimum atomic E-state index is 0.281. The van der Waals surface area contributed by atoms with Crippen molar-refractivity contribution >= 4 is 23.4 Å². The molecule has 20 heavy (non-hydrogen) atoms. The lowest BCUT2D eigenvalue weighted by atomic mass is 10.1. The molecule has 4 heteroatoms. The maximum absolute atomic E-state index is 12.5. The van der Waals surface area contributed by atoms with Crippen LogP contribution >= 0.6 is 11.8 Å². The van der Waals surface area contributed by atoms with Crippen molar-refractivity contribution in [2.24, 2.45) is 0 Å². The summed E-state index contributed by atoms with van der Waals surface area (Å²) in [5.41, 5.74) is 1.10. The fourth-order valence-electron chi connectivity index (χ4n) is 3.00. The Labute approximate surface area is 125 Å². The predicted molar refractivity (Wildman–Crippen MR) is 84.4 cm³/mol. The predicted octanol–water partition coefficient (Wildman–Crippen LogP) is 3.00. The zero-order valence-corrected chi connectivity index (χ0v) is 12.7. The molecule has 0 bridgehead atoms. The van der Waals surface area contributed by atoms with Gasteiger partial charge in [0.25, 0.3) is 0 Å². The highest BCUT2D eigenvalue weighted by Crippen LogP contribution is 2.34. The Balaban J connectivity index is 1.60. The SMILES string of the molecule is O=C(CCN1CCCCC1)N1CCSc2ccccc21. The van der Waals surface area contributed by atoms with Gasteiger partial charge >= 0.3 is 0 Å². The molecule has 0 aliphatic carbocycles. The van der Waals surface area contributed by atoms with E-state index in [0.717, 1.165) is 24.5 Å². The van der Waals surface area contributed by atoms with E-state index >= 15 is 0 Å². The van der Waals surface area contributed by atoms with E-state index in [1.165, 1.54) is 37.2 Å². The summed E-state index contributed by atoms with van der Waals surface area (Å²) in [4.78, 5) is 18.2. The Bertz CT molecular complexity index is 471. The Morgan fingerprint density at radius 1 is 1.10 bits per heavy atom. The lowest BCUT2D eigenvalue weighted by Crippen LogP contribution is -2.38. The van der Waals surface area contributed by atoms with Crippen LogP contribution in [0.2, 0.25) is 0 Å². The lowest BCUT2D eigenvalue weighted by molar-refractivity contribution is -0.119. The second-order valence-electron chi connectivity index (χ2n) is 5.51. The van der Waals surface area contributed by atoms with Crippen LogP contribution in [0, 0.1) is 0 Å². The van der Waals surface area contributed by atoms with Gasteiger partial charge in [-0.15, -0.1) is 11.8 Å². The normalized spacial score (nSPS) is 19.7. The number of hydrogen-bond donors (Lipinski definition) is 0. The Morgan fingerprint density at radius 3 is 2.75 bits per heavy atom. The van der Waals surface area contributed by atoms with Gasteiger partial charge in [-0.25, -0.2) is 0 Å². The molecular formula is C16H22N2OS. The molecular weight excluding hydrogens is 268 g/mol. The lowest BCUT2D eigenvalue weighted by Gasteiger charge is -2.31. The molecule has 1 aromatic carbocycles. The van der Waals surface area contributed by atoms with Crippen molar-refractivity contribution in [3.8, 4) is 0 Å². The van der Waals surface area contributed by atoms with E-state index in [1.807, 2.05) is 28.8 Å². The first kappa shape index (κ1) is 14.0. The van der Waals surface area contributed by atoms with Crippen molar-refractivity contribution in [2.75, 3.05) is 36.8 Å². The molecule has 0 saturated carbocycles. The summed E-state index contributed by atoms with van der Waals surface area (Å²) in [5, 5.41) is 0. The van der Waals surface area contributed by atoms with Crippen LogP contribution in [-0.4, -0.2) is 42.7 Å². The van der Waals surface area contributed by atoms with Gasteiger partial charge in [0, 0.05) is 30.2 Å². The summed E-state index contributed by atoms with van der Waals surface area (Å²) in [6.45, 7) is 4.10. The van der Waals surface area contributed by atoms with E-state index in [1.54, 1.807) is 0 Å². The minimum Gasteiger partial charge on any atom is -0.310 e. The summed E-state index contributed by atoms with van der Waals surface area (Å²) in [6.07, 6.45) is 4.58. The van der Waals surface area contributed by atoms with Crippen LogP contribution in [0.4, 0.5) is 5.69 Å². The number of amides is 1. The summed E-state index contributed by atoms with van der Waals surface area (Å²) in [7, 11) is 0. The fourth-order valence-corrected chi connectivity index (χ4v) is 4.00. The molecule has 1 saturated heterocycles. The largest absolute Gasteiger partial charge is 0.310 e. The molecule has 1 fully saturated rings. The summed E-state index contributed by atoms with van der Waals surface area (Å²) in [5.74, 6) is 1.29. The van der Waals surface area contributed by atoms with Crippen molar-refractivity contribution in [2.45, 2.75) is 30.6 Å². The Morgan fingerprint density at radius 2 is 1.90 bits per heavy atom. The number of carbonyl (C=O) groups excluding carboxylic acids is 1. The smallest absolute Gasteiger partial charge is 0.228 e. The first-order valence-electron chi connectivity index (χ1n) is 7.59. The van der Waals surface area contributed by atoms with Gasteiger partial charge in [0.15, 0.2) is 0 Å². The number of para-hydroxylation sites is 1. The van der Waals surface area contributed by atoms with Gasteiger partial charge in [-0.05, 0) is 38.1 Å². The van der Waals surface area contributed by atoms with E-state index < -0.39 is 0 Å². The number of carbonyl (C=O) groups is 1. The third kappa shape index (κ3) is 3.18. The summed E-state index contributed by atoms with van der Waals surface area (Å²) < 4.78 is 0. The van der Waals surface area contributed by atoms with Gasteiger partial charge in [0.1, 0.15) is 0 Å². The molecule has 3 rings (SSSR count). The summed E-state index contributed by atoms with van der Waals surface area (Å²) >= 11 is 1.85. The topological polar surface area (TPSA) is 23.6 Å². The highest BCUT2D eigenvalue weighted by atomic mass is 32.2. The van der Waals surface area contributed by atoms with E-state index in [0.29, 0.717) is 6.42 Å². The standard InChI is InChI=1S/C16H22N2OS/c19-16(8-11-17-9-4-1-5-10-17)18-12-13-20-15-7-3-2-6-14(15)18/h2-3,6-7H,1,4-5,8-13H2.